The van der Waals surface area contributed by atoms with Crippen molar-refractivity contribution in [2.75, 3.05) is 0 Å². The minimum absolute atomic E-state index is 0.483. The molecule has 0 nitrogen and oxygen atoms in total. The van der Waals surface area contributed by atoms with E-state index in [2.05, 4.69) is 41.5 Å². The van der Waals surface area contributed by atoms with Crippen LogP contribution in [0.4, 0.5) is 0 Å². The molecule has 0 spiro atoms. The van der Waals surface area contributed by atoms with Crippen molar-refractivity contribution in [3.05, 3.63) is 0 Å². The molecule has 0 aliphatic heterocycles. The standard InChI is InChI=1S/C11H24/c1-7-10(8-2)9(3)11(4,5)6/h9-10H,7-8H2,1-6H3. The van der Waals surface area contributed by atoms with Crippen molar-refractivity contribution >= 4 is 0 Å². The van der Waals surface area contributed by atoms with Crippen LogP contribution in [0.5, 0.6) is 0 Å². The van der Waals surface area contributed by atoms with Crippen LogP contribution in [0.15, 0.2) is 0 Å². The number of hydrogen-bond acceptors (Lipinski definition) is 0. The van der Waals surface area contributed by atoms with Gasteiger partial charge in [-0.05, 0) is 17.3 Å². The Kier molecular flexibility index (Phi) is 4.13. The van der Waals surface area contributed by atoms with E-state index in [0.717, 1.165) is 11.8 Å². The zero-order chi connectivity index (χ0) is 9.07. The molecular weight excluding hydrogens is 132 g/mol. The van der Waals surface area contributed by atoms with Gasteiger partial charge in [-0.15, -0.1) is 0 Å². The highest BCUT2D eigenvalue weighted by Gasteiger charge is 2.25. The van der Waals surface area contributed by atoms with Gasteiger partial charge in [-0.2, -0.15) is 0 Å². The van der Waals surface area contributed by atoms with Gasteiger partial charge in [0.05, 0.1) is 0 Å². The fraction of sp³-hybridized carbons (Fsp3) is 1.00. The summed E-state index contributed by atoms with van der Waals surface area (Å²) in [5.41, 5.74) is 0.483. The average molecular weight is 156 g/mol. The molecule has 0 aliphatic rings. The van der Waals surface area contributed by atoms with Crippen molar-refractivity contribution in [1.82, 2.24) is 0 Å². The Morgan fingerprint density at radius 1 is 1.00 bits per heavy atom. The normalized spacial score (nSPS) is 15.5. The molecule has 1 atom stereocenters. The lowest BCUT2D eigenvalue weighted by molar-refractivity contribution is 0.168. The third-order valence-electron chi connectivity index (χ3n) is 3.12. The van der Waals surface area contributed by atoms with E-state index >= 15 is 0 Å². The summed E-state index contributed by atoms with van der Waals surface area (Å²) in [4.78, 5) is 0. The van der Waals surface area contributed by atoms with Gasteiger partial charge in [-0.3, -0.25) is 0 Å². The summed E-state index contributed by atoms with van der Waals surface area (Å²) in [5, 5.41) is 0. The molecule has 0 aromatic heterocycles. The van der Waals surface area contributed by atoms with E-state index in [1.165, 1.54) is 12.8 Å². The number of hydrogen-bond donors (Lipinski definition) is 0. The molecule has 11 heavy (non-hydrogen) atoms. The Hall–Kier alpha value is 0. The largest absolute Gasteiger partial charge is 0.0651 e. The Balaban J connectivity index is 4.09. The van der Waals surface area contributed by atoms with Gasteiger partial charge in [0.15, 0.2) is 0 Å². The summed E-state index contributed by atoms with van der Waals surface area (Å²) >= 11 is 0. The quantitative estimate of drug-likeness (QED) is 0.577. The molecule has 0 heterocycles. The minimum Gasteiger partial charge on any atom is -0.0651 e. The minimum atomic E-state index is 0.483. The maximum absolute atomic E-state index is 2.39. The van der Waals surface area contributed by atoms with Crippen LogP contribution in [-0.2, 0) is 0 Å². The molecule has 0 fully saturated rings. The van der Waals surface area contributed by atoms with Crippen molar-refractivity contribution in [2.45, 2.75) is 54.4 Å². The summed E-state index contributed by atoms with van der Waals surface area (Å²) in [5.74, 6) is 1.76. The van der Waals surface area contributed by atoms with Gasteiger partial charge in [0.1, 0.15) is 0 Å². The van der Waals surface area contributed by atoms with Gasteiger partial charge >= 0.3 is 0 Å². The van der Waals surface area contributed by atoms with E-state index in [9.17, 15) is 0 Å². The van der Waals surface area contributed by atoms with Crippen LogP contribution in [0.2, 0.25) is 0 Å². The molecule has 0 amide bonds. The molecule has 1 unspecified atom stereocenters. The second-order valence-corrected chi connectivity index (χ2v) is 4.73. The van der Waals surface area contributed by atoms with Crippen LogP contribution >= 0.6 is 0 Å². The highest BCUT2D eigenvalue weighted by molar-refractivity contribution is 4.75. The zero-order valence-corrected chi connectivity index (χ0v) is 9.07. The predicted octanol–water partition coefficient (Wildman–Crippen LogP) is 4.10. The molecule has 0 aromatic rings. The summed E-state index contributed by atoms with van der Waals surface area (Å²) in [6.07, 6.45) is 2.66. The monoisotopic (exact) mass is 156 g/mol. The maximum atomic E-state index is 2.39. The van der Waals surface area contributed by atoms with E-state index in [1.807, 2.05) is 0 Å². The zero-order valence-electron chi connectivity index (χ0n) is 9.07. The first-order valence-electron chi connectivity index (χ1n) is 4.93. The molecule has 0 aromatic carbocycles. The molecule has 0 saturated heterocycles. The average Bonchev–Trinajstić information content (AvgIpc) is 1.88. The first kappa shape index (κ1) is 11.0. The molecule has 0 heteroatoms. The first-order chi connectivity index (χ1) is 4.93. The van der Waals surface area contributed by atoms with Gasteiger partial charge in [0.25, 0.3) is 0 Å². The SMILES string of the molecule is CCC(CC)C(C)C(C)(C)C. The van der Waals surface area contributed by atoms with Crippen molar-refractivity contribution in [3.63, 3.8) is 0 Å². The van der Waals surface area contributed by atoms with Gasteiger partial charge < -0.3 is 0 Å². The van der Waals surface area contributed by atoms with Gasteiger partial charge in [0, 0.05) is 0 Å². The Labute approximate surface area is 72.4 Å². The van der Waals surface area contributed by atoms with E-state index in [0.29, 0.717) is 5.41 Å². The molecular formula is C11H24. The second-order valence-electron chi connectivity index (χ2n) is 4.73. The first-order valence-corrected chi connectivity index (χ1v) is 4.93. The van der Waals surface area contributed by atoms with E-state index in [4.69, 9.17) is 0 Å². The Bertz CT molecular complexity index is 93.1. The molecule has 0 N–H and O–H groups in total. The van der Waals surface area contributed by atoms with Crippen molar-refractivity contribution in [1.29, 1.82) is 0 Å². The van der Waals surface area contributed by atoms with Crippen molar-refractivity contribution in [2.24, 2.45) is 17.3 Å². The number of rotatable bonds is 3. The smallest absolute Gasteiger partial charge is 0.0354 e. The van der Waals surface area contributed by atoms with Crippen LogP contribution in [-0.4, -0.2) is 0 Å². The van der Waals surface area contributed by atoms with Crippen LogP contribution in [0, 0.1) is 17.3 Å². The summed E-state index contributed by atoms with van der Waals surface area (Å²) < 4.78 is 0. The maximum Gasteiger partial charge on any atom is -0.0354 e. The molecule has 0 rings (SSSR count). The lowest BCUT2D eigenvalue weighted by Gasteiger charge is -2.33. The summed E-state index contributed by atoms with van der Waals surface area (Å²) in [6, 6.07) is 0. The predicted molar refractivity (Wildman–Crippen MR) is 52.7 cm³/mol. The van der Waals surface area contributed by atoms with Crippen molar-refractivity contribution < 1.29 is 0 Å². The second kappa shape index (κ2) is 4.13. The molecule has 0 aliphatic carbocycles. The van der Waals surface area contributed by atoms with Crippen LogP contribution in [0.1, 0.15) is 54.4 Å². The fourth-order valence-electron chi connectivity index (χ4n) is 1.70. The molecule has 68 valence electrons. The van der Waals surface area contributed by atoms with E-state index in [-0.39, 0.29) is 0 Å². The van der Waals surface area contributed by atoms with Crippen LogP contribution in [0.25, 0.3) is 0 Å². The summed E-state index contributed by atoms with van der Waals surface area (Å²) in [7, 11) is 0. The van der Waals surface area contributed by atoms with Crippen LogP contribution < -0.4 is 0 Å². The topological polar surface area (TPSA) is 0 Å². The fourth-order valence-corrected chi connectivity index (χ4v) is 1.70. The third-order valence-corrected chi connectivity index (χ3v) is 3.12. The summed E-state index contributed by atoms with van der Waals surface area (Å²) in [6.45, 7) is 14.0. The van der Waals surface area contributed by atoms with Crippen LogP contribution in [0.3, 0.4) is 0 Å². The van der Waals surface area contributed by atoms with Gasteiger partial charge in [-0.25, -0.2) is 0 Å². The molecule has 0 radical (unpaired) electrons. The molecule has 0 bridgehead atoms. The van der Waals surface area contributed by atoms with Gasteiger partial charge in [-0.1, -0.05) is 54.4 Å². The molecule has 0 saturated carbocycles. The Morgan fingerprint density at radius 2 is 1.36 bits per heavy atom. The third kappa shape index (κ3) is 3.27. The lowest BCUT2D eigenvalue weighted by atomic mass is 9.72. The van der Waals surface area contributed by atoms with E-state index in [1.54, 1.807) is 0 Å². The van der Waals surface area contributed by atoms with E-state index < -0.39 is 0 Å². The van der Waals surface area contributed by atoms with Crippen molar-refractivity contribution in [3.8, 4) is 0 Å². The van der Waals surface area contributed by atoms with Gasteiger partial charge in [0.2, 0.25) is 0 Å². The highest BCUT2D eigenvalue weighted by atomic mass is 14.3. The lowest BCUT2D eigenvalue weighted by Crippen LogP contribution is -2.24. The highest BCUT2D eigenvalue weighted by Crippen LogP contribution is 2.34. The Morgan fingerprint density at radius 3 is 1.45 bits per heavy atom.